The van der Waals surface area contributed by atoms with Crippen LogP contribution in [0.15, 0.2) is 53.9 Å². The van der Waals surface area contributed by atoms with Gasteiger partial charge in [-0.05, 0) is 31.2 Å². The van der Waals surface area contributed by atoms with Crippen molar-refractivity contribution in [2.45, 2.75) is 6.92 Å². The fraction of sp³-hybridized carbons (Fsp3) is 0.111. The van der Waals surface area contributed by atoms with E-state index in [1.807, 2.05) is 36.6 Å². The zero-order chi connectivity index (χ0) is 17.1. The van der Waals surface area contributed by atoms with Gasteiger partial charge in [0.2, 0.25) is 0 Å². The normalized spacial score (nSPS) is 10.6. The van der Waals surface area contributed by atoms with E-state index in [-0.39, 0.29) is 5.91 Å². The van der Waals surface area contributed by atoms with Gasteiger partial charge in [0, 0.05) is 22.5 Å². The van der Waals surface area contributed by atoms with Crippen molar-refractivity contribution in [3.63, 3.8) is 0 Å². The molecule has 24 heavy (non-hydrogen) atoms. The lowest BCUT2D eigenvalue weighted by Crippen LogP contribution is -2.30. The van der Waals surface area contributed by atoms with E-state index < -0.39 is 0 Å². The van der Waals surface area contributed by atoms with Crippen LogP contribution in [0.3, 0.4) is 0 Å². The van der Waals surface area contributed by atoms with Gasteiger partial charge >= 0.3 is 0 Å². The average molecular weight is 377 g/mol. The highest BCUT2D eigenvalue weighted by atomic mass is 35.5. The summed E-state index contributed by atoms with van der Waals surface area (Å²) < 4.78 is 0. The Kier molecular flexibility index (Phi) is 5.19. The number of carbonyl (C=O) groups excluding carboxylic acids is 1. The van der Waals surface area contributed by atoms with Gasteiger partial charge in [-0.25, -0.2) is 4.98 Å². The Bertz CT molecular complexity index is 861. The number of amides is 1. The Hall–Kier alpha value is -1.88. The smallest absolute Gasteiger partial charge is 0.261 e. The lowest BCUT2D eigenvalue weighted by atomic mass is 10.2. The lowest BCUT2D eigenvalue weighted by Gasteiger charge is -2.18. The van der Waals surface area contributed by atoms with Gasteiger partial charge in [-0.1, -0.05) is 47.5 Å². The number of hydrogen-bond donors (Lipinski definition) is 0. The first-order chi connectivity index (χ1) is 11.6. The molecule has 0 saturated carbocycles. The first-order valence-corrected chi connectivity index (χ1v) is 9.01. The lowest BCUT2D eigenvalue weighted by molar-refractivity contribution is 0.0988. The minimum absolute atomic E-state index is 0.153. The maximum atomic E-state index is 12.8. The molecule has 0 aliphatic heterocycles. The average Bonchev–Trinajstić information content (AvgIpc) is 3.06. The van der Waals surface area contributed by atoms with Gasteiger partial charge in [0.25, 0.3) is 5.91 Å². The van der Waals surface area contributed by atoms with E-state index >= 15 is 0 Å². The fourth-order valence-electron chi connectivity index (χ4n) is 2.29. The summed E-state index contributed by atoms with van der Waals surface area (Å²) in [4.78, 5) is 19.0. The zero-order valence-electron chi connectivity index (χ0n) is 12.9. The van der Waals surface area contributed by atoms with Crippen molar-refractivity contribution in [2.24, 2.45) is 0 Å². The molecule has 122 valence electrons. The first kappa shape index (κ1) is 17.0. The van der Waals surface area contributed by atoms with E-state index in [0.717, 1.165) is 11.3 Å². The van der Waals surface area contributed by atoms with Crippen LogP contribution in [0.1, 0.15) is 17.3 Å². The number of rotatable bonds is 4. The molecule has 0 aliphatic rings. The Morgan fingerprint density at radius 3 is 2.50 bits per heavy atom. The van der Waals surface area contributed by atoms with E-state index in [2.05, 4.69) is 4.98 Å². The standard InChI is InChI=1S/C18H14Cl2N2OS/c1-2-22(17(23)14-5-3-4-6-15(14)20)18-21-16(11-24-18)12-7-9-13(19)10-8-12/h3-11H,2H2,1H3. The summed E-state index contributed by atoms with van der Waals surface area (Å²) in [5.41, 5.74) is 2.25. The highest BCUT2D eigenvalue weighted by Gasteiger charge is 2.21. The number of halogens is 2. The van der Waals surface area contributed by atoms with Gasteiger partial charge in [-0.3, -0.25) is 9.69 Å². The van der Waals surface area contributed by atoms with Gasteiger partial charge in [-0.15, -0.1) is 11.3 Å². The van der Waals surface area contributed by atoms with Crippen LogP contribution < -0.4 is 4.90 Å². The van der Waals surface area contributed by atoms with Crippen molar-refractivity contribution in [2.75, 3.05) is 11.4 Å². The molecule has 6 heteroatoms. The summed E-state index contributed by atoms with van der Waals surface area (Å²) in [6, 6.07) is 14.5. The Morgan fingerprint density at radius 2 is 1.83 bits per heavy atom. The number of benzene rings is 2. The van der Waals surface area contributed by atoms with Crippen molar-refractivity contribution in [3.8, 4) is 11.3 Å². The number of thiazole rings is 1. The second-order valence-corrected chi connectivity index (χ2v) is 6.73. The molecule has 0 fully saturated rings. The molecule has 0 atom stereocenters. The van der Waals surface area contributed by atoms with Gasteiger partial charge in [0.05, 0.1) is 16.3 Å². The van der Waals surface area contributed by atoms with Crippen LogP contribution in [-0.2, 0) is 0 Å². The molecule has 3 nitrogen and oxygen atoms in total. The molecule has 1 aromatic heterocycles. The molecule has 3 rings (SSSR count). The van der Waals surface area contributed by atoms with Crippen LogP contribution in [0, 0.1) is 0 Å². The third kappa shape index (κ3) is 3.46. The van der Waals surface area contributed by atoms with E-state index in [1.54, 1.807) is 29.2 Å². The summed E-state index contributed by atoms with van der Waals surface area (Å²) in [5.74, 6) is -0.153. The summed E-state index contributed by atoms with van der Waals surface area (Å²) in [5, 5.41) is 3.70. The third-order valence-electron chi connectivity index (χ3n) is 3.53. The van der Waals surface area contributed by atoms with Crippen LogP contribution in [0.4, 0.5) is 5.13 Å². The van der Waals surface area contributed by atoms with Crippen molar-refractivity contribution < 1.29 is 4.79 Å². The first-order valence-electron chi connectivity index (χ1n) is 7.38. The monoisotopic (exact) mass is 376 g/mol. The topological polar surface area (TPSA) is 33.2 Å². The van der Waals surface area contributed by atoms with E-state index in [9.17, 15) is 4.79 Å². The number of anilines is 1. The predicted molar refractivity (Wildman–Crippen MR) is 101 cm³/mol. The second kappa shape index (κ2) is 7.34. The van der Waals surface area contributed by atoms with Crippen molar-refractivity contribution in [1.82, 2.24) is 4.98 Å². The summed E-state index contributed by atoms with van der Waals surface area (Å²) in [7, 11) is 0. The molecule has 0 unspecified atom stereocenters. The highest BCUT2D eigenvalue weighted by Crippen LogP contribution is 2.29. The molecule has 0 spiro atoms. The summed E-state index contributed by atoms with van der Waals surface area (Å²) in [6.45, 7) is 2.43. The van der Waals surface area contributed by atoms with Crippen molar-refractivity contribution in [3.05, 3.63) is 69.5 Å². The van der Waals surface area contributed by atoms with E-state index in [4.69, 9.17) is 23.2 Å². The zero-order valence-corrected chi connectivity index (χ0v) is 15.2. The second-order valence-electron chi connectivity index (χ2n) is 5.05. The molecule has 0 saturated heterocycles. The minimum Gasteiger partial charge on any atom is -0.284 e. The van der Waals surface area contributed by atoms with Crippen LogP contribution >= 0.6 is 34.5 Å². The largest absolute Gasteiger partial charge is 0.284 e. The molecule has 2 aromatic carbocycles. The molecular weight excluding hydrogens is 363 g/mol. The van der Waals surface area contributed by atoms with E-state index in [1.165, 1.54) is 11.3 Å². The third-order valence-corrected chi connectivity index (χ3v) is 4.97. The number of nitrogens with zero attached hydrogens (tertiary/aromatic N) is 2. The molecule has 0 aliphatic carbocycles. The number of carbonyl (C=O) groups is 1. The molecule has 3 aromatic rings. The molecule has 0 bridgehead atoms. The molecule has 0 radical (unpaired) electrons. The van der Waals surface area contributed by atoms with Crippen LogP contribution in [0.25, 0.3) is 11.3 Å². The minimum atomic E-state index is -0.153. The molecule has 0 N–H and O–H groups in total. The van der Waals surface area contributed by atoms with Gasteiger partial charge in [-0.2, -0.15) is 0 Å². The maximum absolute atomic E-state index is 12.8. The van der Waals surface area contributed by atoms with Gasteiger partial charge in [0.15, 0.2) is 5.13 Å². The highest BCUT2D eigenvalue weighted by molar-refractivity contribution is 7.14. The molecule has 1 amide bonds. The fourth-order valence-corrected chi connectivity index (χ4v) is 3.53. The van der Waals surface area contributed by atoms with Crippen LogP contribution in [0.2, 0.25) is 10.0 Å². The van der Waals surface area contributed by atoms with Crippen molar-refractivity contribution >= 4 is 45.6 Å². The number of hydrogen-bond acceptors (Lipinski definition) is 3. The molecular formula is C18H14Cl2N2OS. The van der Waals surface area contributed by atoms with Crippen molar-refractivity contribution in [1.29, 1.82) is 0 Å². The Morgan fingerprint density at radius 1 is 1.12 bits per heavy atom. The number of aromatic nitrogens is 1. The van der Waals surface area contributed by atoms with Crippen LogP contribution in [-0.4, -0.2) is 17.4 Å². The van der Waals surface area contributed by atoms with E-state index in [0.29, 0.717) is 27.3 Å². The van der Waals surface area contributed by atoms with Gasteiger partial charge in [0.1, 0.15) is 0 Å². The maximum Gasteiger partial charge on any atom is 0.261 e. The Balaban J connectivity index is 1.91. The summed E-state index contributed by atoms with van der Waals surface area (Å²) in [6.07, 6.45) is 0. The van der Waals surface area contributed by atoms with Crippen LogP contribution in [0.5, 0.6) is 0 Å². The molecule has 1 heterocycles. The predicted octanol–water partition coefficient (Wildman–Crippen LogP) is 5.78. The Labute approximate surface area is 154 Å². The van der Waals surface area contributed by atoms with Gasteiger partial charge < -0.3 is 0 Å². The summed E-state index contributed by atoms with van der Waals surface area (Å²) >= 11 is 13.5. The SMILES string of the molecule is CCN(C(=O)c1ccccc1Cl)c1nc(-c2ccc(Cl)cc2)cs1. The quantitative estimate of drug-likeness (QED) is 0.577.